The van der Waals surface area contributed by atoms with Gasteiger partial charge in [-0.05, 0) is 49.4 Å². The summed E-state index contributed by atoms with van der Waals surface area (Å²) in [5, 5.41) is 19.8. The summed E-state index contributed by atoms with van der Waals surface area (Å²) in [5.74, 6) is -5.04. The molecule has 4 atom stereocenters. The zero-order valence-corrected chi connectivity index (χ0v) is 18.8. The lowest BCUT2D eigenvalue weighted by Crippen LogP contribution is -2.56. The fraction of sp³-hybridized carbons (Fsp3) is 0.900. The summed E-state index contributed by atoms with van der Waals surface area (Å²) in [6.07, 6.45) is 1.80. The van der Waals surface area contributed by atoms with Gasteiger partial charge in [-0.1, -0.05) is 54.4 Å². The molecule has 0 heterocycles. The van der Waals surface area contributed by atoms with Crippen molar-refractivity contribution in [2.45, 2.75) is 84.8 Å². The molecule has 8 heteroatoms. The van der Waals surface area contributed by atoms with E-state index in [1.807, 2.05) is 41.5 Å². The van der Waals surface area contributed by atoms with Gasteiger partial charge in [0.05, 0.1) is 5.92 Å². The predicted molar refractivity (Wildman–Crippen MR) is 109 cm³/mol. The Kier molecular flexibility index (Phi) is 10.7. The van der Waals surface area contributed by atoms with Crippen LogP contribution in [0.1, 0.15) is 80.1 Å². The first-order valence-electron chi connectivity index (χ1n) is 10.2. The van der Waals surface area contributed by atoms with Crippen LogP contribution >= 0.6 is 0 Å². The van der Waals surface area contributed by atoms with E-state index in [9.17, 15) is 32.8 Å². The van der Waals surface area contributed by atoms with Gasteiger partial charge in [0.1, 0.15) is 0 Å². The summed E-state index contributed by atoms with van der Waals surface area (Å²) in [5.41, 5.74) is 0. The van der Waals surface area contributed by atoms with E-state index < -0.39 is 39.1 Å². The normalized spacial score (nSPS) is 17.9. The molecule has 0 amide bonds. The number of rotatable bonds is 14. The molecule has 0 radical (unpaired) electrons. The number of carboxylic acids is 2. The maximum Gasteiger partial charge on any atom is 0.328 e. The Balaban J connectivity index is 6.35. The maximum absolute atomic E-state index is 12.4. The average Bonchev–Trinajstić information content (AvgIpc) is 2.53. The van der Waals surface area contributed by atoms with Gasteiger partial charge in [0, 0.05) is 0 Å². The quantitative estimate of drug-likeness (QED) is 0.355. The van der Waals surface area contributed by atoms with Crippen LogP contribution in [-0.2, 0) is 19.7 Å². The number of carboxylic acid groups (broad SMARTS) is 2. The van der Waals surface area contributed by atoms with Gasteiger partial charge < -0.3 is 10.2 Å². The van der Waals surface area contributed by atoms with E-state index in [0.29, 0.717) is 25.7 Å². The van der Waals surface area contributed by atoms with Crippen molar-refractivity contribution in [3.63, 3.8) is 0 Å². The van der Waals surface area contributed by atoms with Crippen molar-refractivity contribution in [2.24, 2.45) is 29.6 Å². The number of carbonyl (C=O) groups is 2. The lowest BCUT2D eigenvalue weighted by molar-refractivity contribution is -0.153. The molecule has 0 aromatic heterocycles. The summed E-state index contributed by atoms with van der Waals surface area (Å²) in [7, 11) is -5.17. The second kappa shape index (κ2) is 11.1. The van der Waals surface area contributed by atoms with Gasteiger partial charge in [-0.15, -0.1) is 0 Å². The van der Waals surface area contributed by atoms with Gasteiger partial charge >= 0.3 is 11.9 Å². The van der Waals surface area contributed by atoms with Crippen LogP contribution in [-0.4, -0.2) is 39.9 Å². The van der Waals surface area contributed by atoms with Crippen LogP contribution in [0.15, 0.2) is 0 Å². The molecular formula is C20H38O7S. The standard InChI is InChI=1S/C20H38O7S/c1-7-15(9-13(3)4)11-17(18(21)22)20(19(23)24,28(25,26)27)12-16(8-2)10-14(5)6/h13-17H,7-12H2,1-6H3,(H,21,22)(H,23,24)(H,25,26,27). The Morgan fingerprint density at radius 1 is 0.857 bits per heavy atom. The van der Waals surface area contributed by atoms with Crippen LogP contribution in [0.2, 0.25) is 0 Å². The average molecular weight is 423 g/mol. The first-order chi connectivity index (χ1) is 12.7. The van der Waals surface area contributed by atoms with E-state index in [0.717, 1.165) is 0 Å². The van der Waals surface area contributed by atoms with E-state index in [-0.39, 0.29) is 30.1 Å². The lowest BCUT2D eigenvalue weighted by Gasteiger charge is -2.36. The topological polar surface area (TPSA) is 129 Å². The van der Waals surface area contributed by atoms with Crippen molar-refractivity contribution in [1.29, 1.82) is 0 Å². The monoisotopic (exact) mass is 422 g/mol. The molecule has 0 fully saturated rings. The summed E-state index contributed by atoms with van der Waals surface area (Å²) in [4.78, 5) is 24.3. The molecule has 0 saturated heterocycles. The van der Waals surface area contributed by atoms with Crippen LogP contribution in [0.25, 0.3) is 0 Å². The zero-order valence-electron chi connectivity index (χ0n) is 18.0. The lowest BCUT2D eigenvalue weighted by atomic mass is 9.75. The minimum absolute atomic E-state index is 0.103. The van der Waals surface area contributed by atoms with E-state index in [1.165, 1.54) is 0 Å². The Hall–Kier alpha value is -1.15. The van der Waals surface area contributed by atoms with Crippen LogP contribution in [0, 0.1) is 29.6 Å². The summed E-state index contributed by atoms with van der Waals surface area (Å²) in [6.45, 7) is 11.5. The van der Waals surface area contributed by atoms with Crippen molar-refractivity contribution in [2.75, 3.05) is 0 Å². The first-order valence-corrected chi connectivity index (χ1v) is 11.6. The molecule has 0 aliphatic heterocycles. The summed E-state index contributed by atoms with van der Waals surface area (Å²) >= 11 is 0. The minimum atomic E-state index is -5.17. The van der Waals surface area contributed by atoms with E-state index in [1.54, 1.807) is 0 Å². The fourth-order valence-corrected chi connectivity index (χ4v) is 5.41. The predicted octanol–water partition coefficient (Wildman–Crippen LogP) is 4.32. The van der Waals surface area contributed by atoms with Crippen molar-refractivity contribution < 1.29 is 32.8 Å². The molecule has 166 valence electrons. The van der Waals surface area contributed by atoms with Gasteiger partial charge in [0.2, 0.25) is 4.75 Å². The second-order valence-electron chi connectivity index (χ2n) is 8.81. The third-order valence-electron chi connectivity index (χ3n) is 5.61. The molecule has 0 aromatic carbocycles. The SMILES string of the molecule is CCC(CC(C)C)CC(C(=O)O)C(CC(CC)CC(C)C)(C(=O)O)S(=O)(=O)O. The van der Waals surface area contributed by atoms with Crippen molar-refractivity contribution in [1.82, 2.24) is 0 Å². The zero-order chi connectivity index (χ0) is 22.3. The Morgan fingerprint density at radius 3 is 1.57 bits per heavy atom. The van der Waals surface area contributed by atoms with E-state index >= 15 is 0 Å². The van der Waals surface area contributed by atoms with E-state index in [4.69, 9.17) is 0 Å². The molecular weight excluding hydrogens is 384 g/mol. The number of hydrogen-bond donors (Lipinski definition) is 3. The molecule has 4 unspecified atom stereocenters. The minimum Gasteiger partial charge on any atom is -0.481 e. The molecule has 0 saturated carbocycles. The molecule has 0 aromatic rings. The van der Waals surface area contributed by atoms with Gasteiger partial charge in [-0.3, -0.25) is 14.1 Å². The molecule has 7 nitrogen and oxygen atoms in total. The Labute approximate surface area is 169 Å². The fourth-order valence-electron chi connectivity index (χ4n) is 4.18. The van der Waals surface area contributed by atoms with Crippen LogP contribution < -0.4 is 0 Å². The highest BCUT2D eigenvalue weighted by atomic mass is 32.2. The van der Waals surface area contributed by atoms with Gasteiger partial charge in [0.15, 0.2) is 0 Å². The first kappa shape index (κ1) is 26.9. The van der Waals surface area contributed by atoms with Gasteiger partial charge in [0.25, 0.3) is 10.1 Å². The molecule has 3 N–H and O–H groups in total. The van der Waals surface area contributed by atoms with Crippen molar-refractivity contribution in [3.8, 4) is 0 Å². The highest BCUT2D eigenvalue weighted by Gasteiger charge is 2.60. The smallest absolute Gasteiger partial charge is 0.328 e. The number of aliphatic carboxylic acids is 2. The molecule has 0 spiro atoms. The van der Waals surface area contributed by atoms with Crippen LogP contribution in [0.3, 0.4) is 0 Å². The molecule has 0 aliphatic carbocycles. The summed E-state index contributed by atoms with van der Waals surface area (Å²) < 4.78 is 32.0. The van der Waals surface area contributed by atoms with E-state index in [2.05, 4.69) is 0 Å². The highest BCUT2D eigenvalue weighted by molar-refractivity contribution is 7.88. The van der Waals surface area contributed by atoms with Crippen molar-refractivity contribution in [3.05, 3.63) is 0 Å². The van der Waals surface area contributed by atoms with Crippen molar-refractivity contribution >= 4 is 22.1 Å². The third kappa shape index (κ3) is 7.03. The third-order valence-corrected chi connectivity index (χ3v) is 7.15. The van der Waals surface area contributed by atoms with Crippen LogP contribution in [0.4, 0.5) is 0 Å². The highest BCUT2D eigenvalue weighted by Crippen LogP contribution is 2.41. The summed E-state index contributed by atoms with van der Waals surface area (Å²) in [6, 6.07) is 0. The Bertz CT molecular complexity index is 612. The molecule has 0 rings (SSSR count). The van der Waals surface area contributed by atoms with Gasteiger partial charge in [-0.2, -0.15) is 8.42 Å². The van der Waals surface area contributed by atoms with Crippen LogP contribution in [0.5, 0.6) is 0 Å². The Morgan fingerprint density at radius 2 is 1.29 bits per heavy atom. The van der Waals surface area contributed by atoms with Gasteiger partial charge in [-0.25, -0.2) is 0 Å². The molecule has 0 aliphatic rings. The maximum atomic E-state index is 12.4. The largest absolute Gasteiger partial charge is 0.481 e. The molecule has 28 heavy (non-hydrogen) atoms. The second-order valence-corrected chi connectivity index (χ2v) is 10.5. The number of hydrogen-bond acceptors (Lipinski definition) is 4. The molecule has 0 bridgehead atoms.